The molecular formula is C10H11ClO4. The minimum Gasteiger partial charge on any atom is -0.465 e. The molecule has 0 saturated heterocycles. The van der Waals surface area contributed by atoms with Gasteiger partial charge in [-0.25, -0.2) is 4.79 Å². The van der Waals surface area contributed by atoms with Gasteiger partial charge in [-0.05, 0) is 17.7 Å². The van der Waals surface area contributed by atoms with Gasteiger partial charge in [0.1, 0.15) is 6.10 Å². The number of aliphatic hydroxyl groups excluding tert-OH is 2. The highest BCUT2D eigenvalue weighted by molar-refractivity contribution is 6.33. The van der Waals surface area contributed by atoms with Crippen molar-refractivity contribution < 1.29 is 19.7 Å². The van der Waals surface area contributed by atoms with E-state index in [1.807, 2.05) is 0 Å². The van der Waals surface area contributed by atoms with Crippen molar-refractivity contribution in [1.82, 2.24) is 0 Å². The van der Waals surface area contributed by atoms with E-state index in [4.69, 9.17) is 16.7 Å². The molecule has 0 bridgehead atoms. The van der Waals surface area contributed by atoms with Crippen molar-refractivity contribution in [2.45, 2.75) is 6.10 Å². The van der Waals surface area contributed by atoms with Crippen LogP contribution in [0.1, 0.15) is 22.0 Å². The molecule has 0 aliphatic rings. The smallest absolute Gasteiger partial charge is 0.339 e. The van der Waals surface area contributed by atoms with Crippen LogP contribution in [0, 0.1) is 0 Å². The fraction of sp³-hybridized carbons (Fsp3) is 0.300. The number of aliphatic hydroxyl groups is 2. The number of hydrogen-bond acceptors (Lipinski definition) is 4. The van der Waals surface area contributed by atoms with Crippen LogP contribution in [0.5, 0.6) is 0 Å². The highest BCUT2D eigenvalue weighted by Crippen LogP contribution is 2.22. The van der Waals surface area contributed by atoms with Crippen LogP contribution < -0.4 is 0 Å². The van der Waals surface area contributed by atoms with E-state index >= 15 is 0 Å². The van der Waals surface area contributed by atoms with Gasteiger partial charge < -0.3 is 14.9 Å². The second-order valence-electron chi connectivity index (χ2n) is 2.93. The summed E-state index contributed by atoms with van der Waals surface area (Å²) < 4.78 is 4.51. The van der Waals surface area contributed by atoms with E-state index in [-0.39, 0.29) is 10.6 Å². The number of carbonyl (C=O) groups is 1. The van der Waals surface area contributed by atoms with Crippen molar-refractivity contribution in [1.29, 1.82) is 0 Å². The number of hydrogen-bond donors (Lipinski definition) is 2. The Kier molecular flexibility index (Phi) is 4.08. The van der Waals surface area contributed by atoms with Gasteiger partial charge >= 0.3 is 5.97 Å². The van der Waals surface area contributed by atoms with Crippen molar-refractivity contribution >= 4 is 17.6 Å². The average molecular weight is 231 g/mol. The molecule has 15 heavy (non-hydrogen) atoms. The first-order valence-electron chi connectivity index (χ1n) is 4.26. The molecule has 1 aromatic rings. The predicted molar refractivity (Wildman–Crippen MR) is 54.8 cm³/mol. The van der Waals surface area contributed by atoms with E-state index in [9.17, 15) is 9.90 Å². The third-order valence-electron chi connectivity index (χ3n) is 1.96. The number of rotatable bonds is 3. The van der Waals surface area contributed by atoms with Crippen molar-refractivity contribution in [3.05, 3.63) is 34.3 Å². The number of benzene rings is 1. The molecule has 82 valence electrons. The molecule has 0 aliphatic carbocycles. The Morgan fingerprint density at radius 2 is 2.27 bits per heavy atom. The van der Waals surface area contributed by atoms with E-state index < -0.39 is 18.7 Å². The molecule has 4 nitrogen and oxygen atoms in total. The Balaban J connectivity index is 3.03. The van der Waals surface area contributed by atoms with Gasteiger partial charge in [-0.3, -0.25) is 0 Å². The SMILES string of the molecule is COC(=O)c1ccc(C(O)CO)cc1Cl. The second-order valence-corrected chi connectivity index (χ2v) is 3.34. The Morgan fingerprint density at radius 3 is 2.73 bits per heavy atom. The highest BCUT2D eigenvalue weighted by Gasteiger charge is 2.13. The molecule has 0 fully saturated rings. The summed E-state index contributed by atoms with van der Waals surface area (Å²) in [5.41, 5.74) is 0.684. The summed E-state index contributed by atoms with van der Waals surface area (Å²) in [7, 11) is 1.26. The zero-order valence-electron chi connectivity index (χ0n) is 8.11. The first-order valence-corrected chi connectivity index (χ1v) is 4.64. The fourth-order valence-corrected chi connectivity index (χ4v) is 1.39. The minimum atomic E-state index is -0.991. The summed E-state index contributed by atoms with van der Waals surface area (Å²) in [6, 6.07) is 4.39. The first-order chi connectivity index (χ1) is 7.10. The molecule has 0 saturated carbocycles. The molecule has 0 amide bonds. The zero-order chi connectivity index (χ0) is 11.4. The quantitative estimate of drug-likeness (QED) is 0.765. The van der Waals surface area contributed by atoms with Gasteiger partial charge in [0.2, 0.25) is 0 Å². The number of carbonyl (C=O) groups excluding carboxylic acids is 1. The molecule has 0 aromatic heterocycles. The Hall–Kier alpha value is -1.10. The lowest BCUT2D eigenvalue weighted by molar-refractivity contribution is 0.0600. The molecule has 1 aromatic carbocycles. The Labute approximate surface area is 92.1 Å². The standard InChI is InChI=1S/C10H11ClO4/c1-15-10(14)7-3-2-6(4-8(7)11)9(13)5-12/h2-4,9,12-13H,5H2,1H3. The summed E-state index contributed by atoms with van der Waals surface area (Å²) in [6.07, 6.45) is -0.991. The normalized spacial score (nSPS) is 12.3. The van der Waals surface area contributed by atoms with E-state index in [1.54, 1.807) is 0 Å². The number of halogens is 1. The molecule has 1 atom stereocenters. The van der Waals surface area contributed by atoms with Gasteiger partial charge in [0.25, 0.3) is 0 Å². The van der Waals surface area contributed by atoms with Crippen LogP contribution in [-0.4, -0.2) is 29.9 Å². The maximum absolute atomic E-state index is 11.2. The predicted octanol–water partition coefficient (Wildman–Crippen LogP) is 1.15. The number of ether oxygens (including phenoxy) is 1. The van der Waals surface area contributed by atoms with Crippen molar-refractivity contribution in [3.63, 3.8) is 0 Å². The van der Waals surface area contributed by atoms with Crippen LogP contribution in [0.3, 0.4) is 0 Å². The minimum absolute atomic E-state index is 0.187. The average Bonchev–Trinajstić information content (AvgIpc) is 2.26. The highest BCUT2D eigenvalue weighted by atomic mass is 35.5. The van der Waals surface area contributed by atoms with Crippen LogP contribution in [0.15, 0.2) is 18.2 Å². The third kappa shape index (κ3) is 2.68. The molecule has 1 rings (SSSR count). The van der Waals surface area contributed by atoms with Crippen molar-refractivity contribution in [2.24, 2.45) is 0 Å². The number of esters is 1. The summed E-state index contributed by atoms with van der Waals surface area (Å²) in [6.45, 7) is -0.395. The van der Waals surface area contributed by atoms with E-state index in [0.29, 0.717) is 5.56 Å². The molecule has 0 radical (unpaired) electrons. The molecule has 5 heteroatoms. The second kappa shape index (κ2) is 5.11. The van der Waals surface area contributed by atoms with Gasteiger partial charge in [0, 0.05) is 0 Å². The fourth-order valence-electron chi connectivity index (χ4n) is 1.12. The van der Waals surface area contributed by atoms with Crippen LogP contribution in [0.25, 0.3) is 0 Å². The van der Waals surface area contributed by atoms with Crippen molar-refractivity contribution in [3.8, 4) is 0 Å². The maximum Gasteiger partial charge on any atom is 0.339 e. The molecular weight excluding hydrogens is 220 g/mol. The summed E-state index contributed by atoms with van der Waals surface area (Å²) >= 11 is 5.81. The first kappa shape index (κ1) is 12.0. The van der Waals surface area contributed by atoms with Gasteiger partial charge in [-0.2, -0.15) is 0 Å². The molecule has 1 unspecified atom stereocenters. The third-order valence-corrected chi connectivity index (χ3v) is 2.27. The maximum atomic E-state index is 11.2. The van der Waals surface area contributed by atoms with Crippen LogP contribution >= 0.6 is 11.6 Å². The molecule has 0 aliphatic heterocycles. The Bertz CT molecular complexity index is 364. The van der Waals surface area contributed by atoms with E-state index in [2.05, 4.69) is 4.74 Å². The van der Waals surface area contributed by atoms with Gasteiger partial charge in [0.05, 0.1) is 24.3 Å². The lowest BCUT2D eigenvalue weighted by Crippen LogP contribution is -2.06. The van der Waals surface area contributed by atoms with Crippen LogP contribution in [-0.2, 0) is 4.74 Å². The monoisotopic (exact) mass is 230 g/mol. The summed E-state index contributed by atoms with van der Waals surface area (Å²) in [4.78, 5) is 11.2. The zero-order valence-corrected chi connectivity index (χ0v) is 8.86. The van der Waals surface area contributed by atoms with Crippen molar-refractivity contribution in [2.75, 3.05) is 13.7 Å². The Morgan fingerprint density at radius 1 is 1.60 bits per heavy atom. The van der Waals surface area contributed by atoms with E-state index in [0.717, 1.165) is 0 Å². The van der Waals surface area contributed by atoms with Crippen LogP contribution in [0.2, 0.25) is 5.02 Å². The lowest BCUT2D eigenvalue weighted by Gasteiger charge is -2.09. The summed E-state index contributed by atoms with van der Waals surface area (Å²) in [5.74, 6) is -0.537. The lowest BCUT2D eigenvalue weighted by atomic mass is 10.1. The van der Waals surface area contributed by atoms with Gasteiger partial charge in [-0.1, -0.05) is 17.7 Å². The largest absolute Gasteiger partial charge is 0.465 e. The van der Waals surface area contributed by atoms with Gasteiger partial charge in [0.15, 0.2) is 0 Å². The number of methoxy groups -OCH3 is 1. The topological polar surface area (TPSA) is 66.8 Å². The molecule has 0 spiro atoms. The van der Waals surface area contributed by atoms with E-state index in [1.165, 1.54) is 25.3 Å². The van der Waals surface area contributed by atoms with Crippen LogP contribution in [0.4, 0.5) is 0 Å². The molecule has 0 heterocycles. The molecule has 2 N–H and O–H groups in total. The summed E-state index contributed by atoms with van der Waals surface area (Å²) in [5, 5.41) is 18.2. The van der Waals surface area contributed by atoms with Gasteiger partial charge in [-0.15, -0.1) is 0 Å².